The van der Waals surface area contributed by atoms with Crippen molar-refractivity contribution in [2.75, 3.05) is 33.5 Å². The summed E-state index contributed by atoms with van der Waals surface area (Å²) in [6.07, 6.45) is 4.18. The lowest BCUT2D eigenvalue weighted by atomic mass is 9.82. The standard InChI is InChI=1S/C23H48N2O4Si/c1-22(2,3)21(24-25-14-10-11-18(25)17-26-7)19(12-13-20-27-15-16-28-20)29-30(8,9)23(4,5)6/h18-21,24H,10-17H2,1-9H3/t18-,19-,21-/m0/s1. The molecule has 0 amide bonds. The first-order valence-electron chi connectivity index (χ1n) is 11.8. The van der Waals surface area contributed by atoms with E-state index in [1.165, 1.54) is 12.8 Å². The Balaban J connectivity index is 2.21. The third kappa shape index (κ3) is 7.25. The predicted octanol–water partition coefficient (Wildman–Crippen LogP) is 4.56. The molecule has 30 heavy (non-hydrogen) atoms. The van der Waals surface area contributed by atoms with Crippen molar-refractivity contribution in [2.45, 2.75) is 110 Å². The Bertz CT molecular complexity index is 512. The number of hydrogen-bond donors (Lipinski definition) is 1. The van der Waals surface area contributed by atoms with Gasteiger partial charge in [0.1, 0.15) is 0 Å². The lowest BCUT2D eigenvalue weighted by Gasteiger charge is -2.46. The molecule has 2 heterocycles. The van der Waals surface area contributed by atoms with E-state index in [0.29, 0.717) is 19.3 Å². The number of ether oxygens (including phenoxy) is 3. The molecule has 7 heteroatoms. The van der Waals surface area contributed by atoms with Crippen LogP contribution in [0.4, 0.5) is 0 Å². The van der Waals surface area contributed by atoms with Crippen LogP contribution in [0.1, 0.15) is 67.2 Å². The molecule has 3 atom stereocenters. The van der Waals surface area contributed by atoms with Gasteiger partial charge in [0, 0.05) is 26.1 Å². The van der Waals surface area contributed by atoms with Crippen LogP contribution >= 0.6 is 0 Å². The average molecular weight is 445 g/mol. The number of nitrogens with one attached hydrogen (secondary N) is 1. The van der Waals surface area contributed by atoms with E-state index < -0.39 is 8.32 Å². The van der Waals surface area contributed by atoms with Gasteiger partial charge in [-0.2, -0.15) is 0 Å². The van der Waals surface area contributed by atoms with Crippen LogP contribution in [0.5, 0.6) is 0 Å². The zero-order valence-electron chi connectivity index (χ0n) is 21.0. The maximum absolute atomic E-state index is 7.06. The van der Waals surface area contributed by atoms with Gasteiger partial charge in [0.25, 0.3) is 0 Å². The molecule has 2 aliphatic heterocycles. The van der Waals surface area contributed by atoms with Crippen molar-refractivity contribution in [1.82, 2.24) is 10.4 Å². The van der Waals surface area contributed by atoms with Gasteiger partial charge in [-0.3, -0.25) is 0 Å². The highest BCUT2D eigenvalue weighted by molar-refractivity contribution is 6.74. The van der Waals surface area contributed by atoms with Crippen LogP contribution in [0.3, 0.4) is 0 Å². The average Bonchev–Trinajstić information content (AvgIpc) is 3.27. The number of methoxy groups -OCH3 is 1. The Morgan fingerprint density at radius 1 is 1.10 bits per heavy atom. The monoisotopic (exact) mass is 444 g/mol. The van der Waals surface area contributed by atoms with E-state index in [1.807, 2.05) is 0 Å². The molecule has 2 rings (SSSR count). The smallest absolute Gasteiger partial charge is 0.192 e. The van der Waals surface area contributed by atoms with Crippen molar-refractivity contribution >= 4 is 8.32 Å². The van der Waals surface area contributed by atoms with Gasteiger partial charge in [0.2, 0.25) is 0 Å². The van der Waals surface area contributed by atoms with Crippen LogP contribution in [0.2, 0.25) is 18.1 Å². The summed E-state index contributed by atoms with van der Waals surface area (Å²) in [7, 11) is -0.145. The summed E-state index contributed by atoms with van der Waals surface area (Å²) < 4.78 is 24.0. The fourth-order valence-electron chi connectivity index (χ4n) is 4.11. The quantitative estimate of drug-likeness (QED) is 0.499. The van der Waals surface area contributed by atoms with Crippen LogP contribution < -0.4 is 5.43 Å². The minimum absolute atomic E-state index is 0.0463. The number of hydrazine groups is 1. The van der Waals surface area contributed by atoms with Gasteiger partial charge in [-0.05, 0) is 42.8 Å². The molecule has 0 spiro atoms. The Hall–Kier alpha value is -0.0231. The molecule has 0 aromatic carbocycles. The first kappa shape index (κ1) is 26.2. The van der Waals surface area contributed by atoms with Crippen LogP contribution in [0.25, 0.3) is 0 Å². The lowest BCUT2D eigenvalue weighted by Crippen LogP contribution is -2.60. The van der Waals surface area contributed by atoms with E-state index in [9.17, 15) is 0 Å². The van der Waals surface area contributed by atoms with Crippen molar-refractivity contribution in [3.63, 3.8) is 0 Å². The molecular weight excluding hydrogens is 396 g/mol. The first-order valence-corrected chi connectivity index (χ1v) is 14.7. The first-order chi connectivity index (χ1) is 13.8. The Morgan fingerprint density at radius 2 is 1.73 bits per heavy atom. The Labute approximate surface area is 186 Å². The molecule has 178 valence electrons. The van der Waals surface area contributed by atoms with Gasteiger partial charge in [-0.15, -0.1) is 0 Å². The van der Waals surface area contributed by atoms with Gasteiger partial charge in [-0.25, -0.2) is 10.4 Å². The van der Waals surface area contributed by atoms with Gasteiger partial charge >= 0.3 is 0 Å². The maximum atomic E-state index is 7.06. The maximum Gasteiger partial charge on any atom is 0.192 e. The van der Waals surface area contributed by atoms with E-state index in [1.54, 1.807) is 7.11 Å². The molecule has 0 aromatic rings. The molecule has 6 nitrogen and oxygen atoms in total. The largest absolute Gasteiger partial charge is 0.412 e. The summed E-state index contributed by atoms with van der Waals surface area (Å²) in [5.41, 5.74) is 3.96. The highest BCUT2D eigenvalue weighted by Gasteiger charge is 2.44. The van der Waals surface area contributed by atoms with E-state index >= 15 is 0 Å². The fraction of sp³-hybridized carbons (Fsp3) is 1.00. The highest BCUT2D eigenvalue weighted by atomic mass is 28.4. The third-order valence-corrected chi connectivity index (χ3v) is 11.5. The molecule has 0 aromatic heterocycles. The summed E-state index contributed by atoms with van der Waals surface area (Å²) in [6.45, 7) is 21.8. The van der Waals surface area contributed by atoms with Gasteiger partial charge < -0.3 is 18.6 Å². The molecule has 1 N–H and O–H groups in total. The zero-order chi connectivity index (χ0) is 22.6. The Kier molecular flexibility index (Phi) is 9.38. The zero-order valence-corrected chi connectivity index (χ0v) is 22.0. The van der Waals surface area contributed by atoms with Crippen LogP contribution in [0.15, 0.2) is 0 Å². The summed E-state index contributed by atoms with van der Waals surface area (Å²) in [5, 5.41) is 2.57. The predicted molar refractivity (Wildman–Crippen MR) is 125 cm³/mol. The molecule has 0 unspecified atom stereocenters. The normalized spacial score (nSPS) is 24.5. The van der Waals surface area contributed by atoms with E-state index in [4.69, 9.17) is 18.6 Å². The molecule has 0 radical (unpaired) electrons. The number of rotatable bonds is 10. The highest BCUT2D eigenvalue weighted by Crippen LogP contribution is 2.40. The second-order valence-corrected chi connectivity index (χ2v) is 16.3. The molecule has 2 aliphatic rings. The molecule has 0 saturated carbocycles. The van der Waals surface area contributed by atoms with Crippen LogP contribution in [-0.2, 0) is 18.6 Å². The third-order valence-electron chi connectivity index (χ3n) is 6.98. The SMILES string of the molecule is COC[C@@H]1CCCN1N[C@@H]([C@H](CCC1OCCO1)O[Si](C)(C)C(C)(C)C)C(C)(C)C. The summed E-state index contributed by atoms with van der Waals surface area (Å²) in [6, 6.07) is 0.625. The van der Waals surface area contributed by atoms with Gasteiger partial charge in [0.15, 0.2) is 14.6 Å². The van der Waals surface area contributed by atoms with Crippen molar-refractivity contribution in [1.29, 1.82) is 0 Å². The van der Waals surface area contributed by atoms with Crippen molar-refractivity contribution in [2.24, 2.45) is 5.41 Å². The van der Waals surface area contributed by atoms with E-state index in [2.05, 4.69) is 65.1 Å². The Morgan fingerprint density at radius 3 is 2.27 bits per heavy atom. The van der Waals surface area contributed by atoms with Crippen molar-refractivity contribution < 1.29 is 18.6 Å². The summed E-state index contributed by atoms with van der Waals surface area (Å²) in [5.74, 6) is 0. The molecule has 0 bridgehead atoms. The number of hydrogen-bond acceptors (Lipinski definition) is 6. The van der Waals surface area contributed by atoms with Crippen LogP contribution in [-0.4, -0.2) is 71.3 Å². The fourth-order valence-corrected chi connectivity index (χ4v) is 5.47. The lowest BCUT2D eigenvalue weighted by molar-refractivity contribution is -0.0618. The van der Waals surface area contributed by atoms with Crippen LogP contribution in [0, 0.1) is 5.41 Å². The van der Waals surface area contributed by atoms with Crippen molar-refractivity contribution in [3.05, 3.63) is 0 Å². The second kappa shape index (κ2) is 10.7. The topological polar surface area (TPSA) is 52.2 Å². The summed E-state index contributed by atoms with van der Waals surface area (Å²) >= 11 is 0. The molecule has 2 fully saturated rings. The molecule has 0 aliphatic carbocycles. The molecule has 2 saturated heterocycles. The van der Waals surface area contributed by atoms with Crippen molar-refractivity contribution in [3.8, 4) is 0 Å². The van der Waals surface area contributed by atoms with E-state index in [-0.39, 0.29) is 28.9 Å². The van der Waals surface area contributed by atoms with E-state index in [0.717, 1.165) is 26.0 Å². The minimum Gasteiger partial charge on any atom is -0.412 e. The van der Waals surface area contributed by atoms with Gasteiger partial charge in [0.05, 0.1) is 32.0 Å². The molecular formula is C23H48N2O4Si. The summed E-state index contributed by atoms with van der Waals surface area (Å²) in [4.78, 5) is 0. The van der Waals surface area contributed by atoms with Gasteiger partial charge in [-0.1, -0.05) is 41.5 Å². The second-order valence-electron chi connectivity index (χ2n) is 11.6. The number of nitrogens with zero attached hydrogens (tertiary/aromatic N) is 1. The minimum atomic E-state index is -1.94.